The zero-order chi connectivity index (χ0) is 12.5. The number of hydrogen-bond donors (Lipinski definition) is 1. The monoisotopic (exact) mass is 244 g/mol. The van der Waals surface area contributed by atoms with E-state index in [0.29, 0.717) is 6.04 Å². The van der Waals surface area contributed by atoms with Crippen LogP contribution in [-0.2, 0) is 12.8 Å². The molecule has 18 heavy (non-hydrogen) atoms. The molecule has 0 aliphatic heterocycles. The summed E-state index contributed by atoms with van der Waals surface area (Å²) in [5, 5.41) is 0. The predicted molar refractivity (Wildman–Crippen MR) is 71.4 cm³/mol. The molecule has 2 N–H and O–H groups in total. The van der Waals surface area contributed by atoms with E-state index in [2.05, 4.69) is 23.8 Å². The van der Waals surface area contributed by atoms with Crippen molar-refractivity contribution >= 4 is 0 Å². The van der Waals surface area contributed by atoms with Gasteiger partial charge in [-0.1, -0.05) is 0 Å². The SMILES string of the molecule is CC(Cc1ccco1)n1ccc2c1CCCC2N. The average molecular weight is 244 g/mol. The molecule has 0 amide bonds. The van der Waals surface area contributed by atoms with Crippen LogP contribution in [0.2, 0.25) is 0 Å². The van der Waals surface area contributed by atoms with Gasteiger partial charge in [-0.15, -0.1) is 0 Å². The smallest absolute Gasteiger partial charge is 0.105 e. The third-order valence-electron chi connectivity index (χ3n) is 3.94. The van der Waals surface area contributed by atoms with Crippen LogP contribution in [0.4, 0.5) is 0 Å². The molecule has 1 aliphatic carbocycles. The largest absolute Gasteiger partial charge is 0.469 e. The molecule has 0 saturated carbocycles. The van der Waals surface area contributed by atoms with Gasteiger partial charge in [-0.25, -0.2) is 0 Å². The molecule has 0 aromatic carbocycles. The van der Waals surface area contributed by atoms with Crippen molar-refractivity contribution < 1.29 is 4.42 Å². The zero-order valence-corrected chi connectivity index (χ0v) is 10.8. The first-order valence-corrected chi connectivity index (χ1v) is 6.73. The Bertz CT molecular complexity index is 513. The lowest BCUT2D eigenvalue weighted by atomic mass is 9.93. The Morgan fingerprint density at radius 1 is 1.50 bits per heavy atom. The lowest BCUT2D eigenvalue weighted by Gasteiger charge is -2.23. The van der Waals surface area contributed by atoms with E-state index in [1.807, 2.05) is 12.1 Å². The molecule has 0 bridgehead atoms. The van der Waals surface area contributed by atoms with Crippen LogP contribution in [0.15, 0.2) is 35.1 Å². The van der Waals surface area contributed by atoms with Crippen LogP contribution in [0.5, 0.6) is 0 Å². The van der Waals surface area contributed by atoms with E-state index in [9.17, 15) is 0 Å². The van der Waals surface area contributed by atoms with Crippen molar-refractivity contribution in [3.8, 4) is 0 Å². The minimum absolute atomic E-state index is 0.228. The van der Waals surface area contributed by atoms with Crippen molar-refractivity contribution in [2.45, 2.75) is 44.7 Å². The molecule has 96 valence electrons. The van der Waals surface area contributed by atoms with E-state index in [1.165, 1.54) is 17.7 Å². The Labute approximate surface area is 108 Å². The summed E-state index contributed by atoms with van der Waals surface area (Å²) in [5.74, 6) is 1.05. The highest BCUT2D eigenvalue weighted by atomic mass is 16.3. The van der Waals surface area contributed by atoms with Crippen LogP contribution in [0.3, 0.4) is 0 Å². The predicted octanol–water partition coefficient (Wildman–Crippen LogP) is 3.22. The molecule has 0 spiro atoms. The minimum Gasteiger partial charge on any atom is -0.469 e. The number of fused-ring (bicyclic) bond motifs is 1. The molecule has 0 radical (unpaired) electrons. The maximum absolute atomic E-state index is 6.16. The Kier molecular flexibility index (Phi) is 3.00. The van der Waals surface area contributed by atoms with Crippen molar-refractivity contribution in [2.24, 2.45) is 5.73 Å². The van der Waals surface area contributed by atoms with Gasteiger partial charge in [-0.3, -0.25) is 0 Å². The normalized spacial score (nSPS) is 20.7. The fourth-order valence-electron chi connectivity index (χ4n) is 2.98. The van der Waals surface area contributed by atoms with Gasteiger partial charge in [0.15, 0.2) is 0 Å². The van der Waals surface area contributed by atoms with Crippen LogP contribution < -0.4 is 5.73 Å². The second-order valence-corrected chi connectivity index (χ2v) is 5.26. The van der Waals surface area contributed by atoms with E-state index < -0.39 is 0 Å². The van der Waals surface area contributed by atoms with E-state index in [0.717, 1.165) is 25.0 Å². The Hall–Kier alpha value is -1.48. The maximum Gasteiger partial charge on any atom is 0.105 e. The van der Waals surface area contributed by atoms with Crippen LogP contribution in [0.25, 0.3) is 0 Å². The van der Waals surface area contributed by atoms with Gasteiger partial charge in [-0.05, 0) is 49.9 Å². The number of aromatic nitrogens is 1. The van der Waals surface area contributed by atoms with Crippen molar-refractivity contribution in [2.75, 3.05) is 0 Å². The van der Waals surface area contributed by atoms with E-state index in [1.54, 1.807) is 6.26 Å². The maximum atomic E-state index is 6.16. The van der Waals surface area contributed by atoms with Crippen molar-refractivity contribution in [1.82, 2.24) is 4.57 Å². The van der Waals surface area contributed by atoms with Crippen LogP contribution in [-0.4, -0.2) is 4.57 Å². The lowest BCUT2D eigenvalue weighted by Crippen LogP contribution is -2.19. The molecule has 2 heterocycles. The number of nitrogens with two attached hydrogens (primary N) is 1. The summed E-state index contributed by atoms with van der Waals surface area (Å²) >= 11 is 0. The Balaban J connectivity index is 1.84. The molecule has 3 heteroatoms. The van der Waals surface area contributed by atoms with Gasteiger partial charge in [0.05, 0.1) is 6.26 Å². The molecular formula is C15H20N2O. The van der Waals surface area contributed by atoms with Crippen molar-refractivity contribution in [1.29, 1.82) is 0 Å². The van der Waals surface area contributed by atoms with Gasteiger partial charge >= 0.3 is 0 Å². The molecule has 0 fully saturated rings. The second-order valence-electron chi connectivity index (χ2n) is 5.26. The first-order chi connectivity index (χ1) is 8.75. The molecule has 2 aromatic rings. The standard InChI is InChI=1S/C15H20N2O/c1-11(10-12-4-3-9-18-12)17-8-7-13-14(16)5-2-6-15(13)17/h3-4,7-9,11,14H,2,5-6,10,16H2,1H3. The first-order valence-electron chi connectivity index (χ1n) is 6.73. The van der Waals surface area contributed by atoms with Crippen LogP contribution >= 0.6 is 0 Å². The van der Waals surface area contributed by atoms with Gasteiger partial charge in [0.1, 0.15) is 5.76 Å². The number of nitrogens with zero attached hydrogens (tertiary/aromatic N) is 1. The van der Waals surface area contributed by atoms with E-state index in [-0.39, 0.29) is 6.04 Å². The van der Waals surface area contributed by atoms with Crippen molar-refractivity contribution in [3.05, 3.63) is 47.7 Å². The molecule has 2 unspecified atom stereocenters. The Morgan fingerprint density at radius 2 is 2.39 bits per heavy atom. The second kappa shape index (κ2) is 4.65. The Morgan fingerprint density at radius 3 is 3.17 bits per heavy atom. The van der Waals surface area contributed by atoms with E-state index in [4.69, 9.17) is 10.2 Å². The topological polar surface area (TPSA) is 44.1 Å². The lowest BCUT2D eigenvalue weighted by molar-refractivity contribution is 0.435. The highest BCUT2D eigenvalue weighted by molar-refractivity contribution is 5.29. The summed E-state index contributed by atoms with van der Waals surface area (Å²) in [6.07, 6.45) is 8.32. The summed E-state index contributed by atoms with van der Waals surface area (Å²) in [5.41, 5.74) is 8.93. The van der Waals surface area contributed by atoms with Gasteiger partial charge in [-0.2, -0.15) is 0 Å². The average Bonchev–Trinajstić information content (AvgIpc) is 2.98. The van der Waals surface area contributed by atoms with Gasteiger partial charge in [0.2, 0.25) is 0 Å². The molecular weight excluding hydrogens is 224 g/mol. The summed E-state index contributed by atoms with van der Waals surface area (Å²) in [7, 11) is 0. The molecule has 3 rings (SSSR count). The highest BCUT2D eigenvalue weighted by Crippen LogP contribution is 2.31. The number of hydrogen-bond acceptors (Lipinski definition) is 2. The minimum atomic E-state index is 0.228. The summed E-state index contributed by atoms with van der Waals surface area (Å²) < 4.78 is 7.80. The van der Waals surface area contributed by atoms with E-state index >= 15 is 0 Å². The summed E-state index contributed by atoms with van der Waals surface area (Å²) in [4.78, 5) is 0. The zero-order valence-electron chi connectivity index (χ0n) is 10.8. The fraction of sp³-hybridized carbons (Fsp3) is 0.467. The van der Waals surface area contributed by atoms with Gasteiger partial charge < -0.3 is 14.7 Å². The molecule has 1 aliphatic rings. The van der Waals surface area contributed by atoms with Gasteiger partial charge in [0.25, 0.3) is 0 Å². The number of furan rings is 1. The molecule has 0 saturated heterocycles. The third kappa shape index (κ3) is 1.99. The first kappa shape index (κ1) is 11.6. The highest BCUT2D eigenvalue weighted by Gasteiger charge is 2.22. The fourth-order valence-corrected chi connectivity index (χ4v) is 2.98. The van der Waals surface area contributed by atoms with Crippen LogP contribution in [0.1, 0.15) is 48.9 Å². The molecule has 3 nitrogen and oxygen atoms in total. The molecule has 2 atom stereocenters. The third-order valence-corrected chi connectivity index (χ3v) is 3.94. The summed E-state index contributed by atoms with van der Waals surface area (Å²) in [6.45, 7) is 2.24. The van der Waals surface area contributed by atoms with Crippen molar-refractivity contribution in [3.63, 3.8) is 0 Å². The van der Waals surface area contributed by atoms with Gasteiger partial charge in [0, 0.05) is 30.4 Å². The van der Waals surface area contributed by atoms with Crippen LogP contribution in [0, 0.1) is 0 Å². The molecule has 2 aromatic heterocycles. The number of rotatable bonds is 3. The summed E-state index contributed by atoms with van der Waals surface area (Å²) in [6, 6.07) is 6.83. The quantitative estimate of drug-likeness (QED) is 0.901.